The van der Waals surface area contributed by atoms with Gasteiger partial charge in [0.1, 0.15) is 6.07 Å². The molecule has 1 aliphatic heterocycles. The van der Waals surface area contributed by atoms with E-state index in [1.54, 1.807) is 16.8 Å². The van der Waals surface area contributed by atoms with Gasteiger partial charge in [-0.3, -0.25) is 4.68 Å². The lowest BCUT2D eigenvalue weighted by atomic mass is 10.3. The Bertz CT molecular complexity index is 842. The zero-order chi connectivity index (χ0) is 15.2. The van der Waals surface area contributed by atoms with Crippen LogP contribution in [0.1, 0.15) is 21.1 Å². The quantitative estimate of drug-likeness (QED) is 0.842. The van der Waals surface area contributed by atoms with Gasteiger partial charge in [-0.25, -0.2) is 8.42 Å². The van der Waals surface area contributed by atoms with Gasteiger partial charge in [-0.1, -0.05) is 0 Å². The van der Waals surface area contributed by atoms with Crippen molar-refractivity contribution in [3.63, 3.8) is 0 Å². The smallest absolute Gasteiger partial charge is 0.244 e. The third-order valence-electron chi connectivity index (χ3n) is 3.49. The summed E-state index contributed by atoms with van der Waals surface area (Å²) in [5.74, 6) is 0. The number of nitriles is 1. The Morgan fingerprint density at radius 1 is 1.33 bits per heavy atom. The van der Waals surface area contributed by atoms with Crippen molar-refractivity contribution in [2.45, 2.75) is 31.8 Å². The maximum absolute atomic E-state index is 12.7. The van der Waals surface area contributed by atoms with Crippen molar-refractivity contribution >= 4 is 21.4 Å². The highest BCUT2D eigenvalue weighted by Crippen LogP contribution is 2.29. The van der Waals surface area contributed by atoms with Crippen LogP contribution in [0.5, 0.6) is 0 Å². The summed E-state index contributed by atoms with van der Waals surface area (Å²) < 4.78 is 28.7. The lowest BCUT2D eigenvalue weighted by Gasteiger charge is -2.26. The van der Waals surface area contributed by atoms with Crippen molar-refractivity contribution < 1.29 is 8.42 Å². The molecule has 0 aromatic carbocycles. The van der Waals surface area contributed by atoms with E-state index in [0.29, 0.717) is 23.7 Å². The van der Waals surface area contributed by atoms with Gasteiger partial charge in [-0.05, 0) is 26.0 Å². The Hall–Kier alpha value is -1.69. The molecule has 0 radical (unpaired) electrons. The number of sulfonamides is 1. The standard InChI is InChI=1S/C13H14N4O2S2/c1-9-5-13(10(2)20-9)21(18,19)16-3-4-17-12(8-16)6-11(7-14)15-17/h5-6H,3-4,8H2,1-2H3. The van der Waals surface area contributed by atoms with Gasteiger partial charge in [-0.15, -0.1) is 11.3 Å². The topological polar surface area (TPSA) is 79.0 Å². The number of hydrogen-bond donors (Lipinski definition) is 0. The van der Waals surface area contributed by atoms with E-state index < -0.39 is 10.0 Å². The fourth-order valence-corrected chi connectivity index (χ4v) is 5.43. The van der Waals surface area contributed by atoms with E-state index in [9.17, 15) is 8.42 Å². The number of thiophene rings is 1. The zero-order valence-electron chi connectivity index (χ0n) is 11.7. The van der Waals surface area contributed by atoms with Crippen LogP contribution in [0.4, 0.5) is 0 Å². The number of hydrogen-bond acceptors (Lipinski definition) is 5. The number of fused-ring (bicyclic) bond motifs is 1. The SMILES string of the molecule is Cc1cc(S(=O)(=O)N2CCn3nc(C#N)cc3C2)c(C)s1. The van der Waals surface area contributed by atoms with E-state index in [-0.39, 0.29) is 6.54 Å². The highest BCUT2D eigenvalue weighted by atomic mass is 32.2. The summed E-state index contributed by atoms with van der Waals surface area (Å²) >= 11 is 1.49. The minimum atomic E-state index is -3.49. The molecule has 1 aliphatic rings. The molecule has 0 spiro atoms. The molecule has 0 fully saturated rings. The first-order valence-corrected chi connectivity index (χ1v) is 8.71. The first kappa shape index (κ1) is 14.3. The van der Waals surface area contributed by atoms with Crippen molar-refractivity contribution in [2.24, 2.45) is 0 Å². The Labute approximate surface area is 127 Å². The lowest BCUT2D eigenvalue weighted by molar-refractivity contribution is 0.326. The summed E-state index contributed by atoms with van der Waals surface area (Å²) in [5, 5.41) is 13.0. The predicted octanol–water partition coefficient (Wildman–Crippen LogP) is 1.64. The molecule has 0 unspecified atom stereocenters. The molecule has 0 saturated carbocycles. The van der Waals surface area contributed by atoms with E-state index in [1.807, 2.05) is 19.9 Å². The fraction of sp³-hybridized carbons (Fsp3) is 0.385. The maximum atomic E-state index is 12.7. The highest BCUT2D eigenvalue weighted by Gasteiger charge is 2.31. The molecule has 3 heterocycles. The van der Waals surface area contributed by atoms with Crippen molar-refractivity contribution in [3.05, 3.63) is 33.3 Å². The number of aromatic nitrogens is 2. The molecule has 110 valence electrons. The third kappa shape index (κ3) is 2.37. The largest absolute Gasteiger partial charge is 0.266 e. The van der Waals surface area contributed by atoms with Crippen LogP contribution in [0.15, 0.2) is 17.0 Å². The Morgan fingerprint density at radius 2 is 2.10 bits per heavy atom. The van der Waals surface area contributed by atoms with E-state index in [1.165, 1.54) is 15.6 Å². The first-order valence-electron chi connectivity index (χ1n) is 6.46. The molecule has 2 aromatic heterocycles. The van der Waals surface area contributed by atoms with Crippen LogP contribution >= 0.6 is 11.3 Å². The van der Waals surface area contributed by atoms with E-state index in [2.05, 4.69) is 5.10 Å². The zero-order valence-corrected chi connectivity index (χ0v) is 13.3. The van der Waals surface area contributed by atoms with Gasteiger partial charge in [0.2, 0.25) is 10.0 Å². The molecule has 0 bridgehead atoms. The maximum Gasteiger partial charge on any atom is 0.244 e. The van der Waals surface area contributed by atoms with Gasteiger partial charge in [0.25, 0.3) is 0 Å². The van der Waals surface area contributed by atoms with Gasteiger partial charge >= 0.3 is 0 Å². The summed E-state index contributed by atoms with van der Waals surface area (Å²) in [4.78, 5) is 2.18. The minimum absolute atomic E-state index is 0.255. The van der Waals surface area contributed by atoms with Crippen LogP contribution in [0.25, 0.3) is 0 Å². The molecule has 21 heavy (non-hydrogen) atoms. The number of rotatable bonds is 2. The van der Waals surface area contributed by atoms with Gasteiger partial charge < -0.3 is 0 Å². The molecule has 0 saturated heterocycles. The van der Waals surface area contributed by atoms with Gasteiger partial charge in [-0.2, -0.15) is 14.7 Å². The minimum Gasteiger partial charge on any atom is -0.266 e. The third-order valence-corrected chi connectivity index (χ3v) is 6.56. The van der Waals surface area contributed by atoms with E-state index in [4.69, 9.17) is 5.26 Å². The Kier molecular flexibility index (Phi) is 3.36. The highest BCUT2D eigenvalue weighted by molar-refractivity contribution is 7.89. The average Bonchev–Trinajstić information content (AvgIpc) is 3.00. The molecular formula is C13H14N4O2S2. The lowest BCUT2D eigenvalue weighted by Crippen LogP contribution is -2.38. The second-order valence-electron chi connectivity index (χ2n) is 4.97. The second-order valence-corrected chi connectivity index (χ2v) is 8.34. The van der Waals surface area contributed by atoms with Crippen LogP contribution in [-0.2, 0) is 23.1 Å². The molecule has 3 rings (SSSR count). The van der Waals surface area contributed by atoms with Crippen LogP contribution in [0, 0.1) is 25.2 Å². The number of nitrogens with zero attached hydrogens (tertiary/aromatic N) is 4. The van der Waals surface area contributed by atoms with Crippen molar-refractivity contribution in [1.82, 2.24) is 14.1 Å². The number of aryl methyl sites for hydroxylation is 2. The van der Waals surface area contributed by atoms with Crippen molar-refractivity contribution in [2.75, 3.05) is 6.54 Å². The summed E-state index contributed by atoms with van der Waals surface area (Å²) in [7, 11) is -3.49. The van der Waals surface area contributed by atoms with Crippen LogP contribution in [0.2, 0.25) is 0 Å². The molecule has 6 nitrogen and oxygen atoms in total. The summed E-state index contributed by atoms with van der Waals surface area (Å²) in [6.07, 6.45) is 0. The fourth-order valence-electron chi connectivity index (χ4n) is 2.50. The molecule has 2 aromatic rings. The van der Waals surface area contributed by atoms with Crippen molar-refractivity contribution in [3.8, 4) is 6.07 Å². The second kappa shape index (κ2) is 4.94. The Morgan fingerprint density at radius 3 is 2.71 bits per heavy atom. The molecule has 0 amide bonds. The molecule has 0 aliphatic carbocycles. The van der Waals surface area contributed by atoms with Gasteiger partial charge in [0.05, 0.1) is 23.7 Å². The van der Waals surface area contributed by atoms with E-state index >= 15 is 0 Å². The summed E-state index contributed by atoms with van der Waals surface area (Å²) in [6.45, 7) is 4.83. The molecule has 0 atom stereocenters. The predicted molar refractivity (Wildman–Crippen MR) is 78.3 cm³/mol. The average molecular weight is 322 g/mol. The van der Waals surface area contributed by atoms with E-state index in [0.717, 1.165) is 15.4 Å². The molecule has 8 heteroatoms. The summed E-state index contributed by atoms with van der Waals surface area (Å²) in [6, 6.07) is 5.35. The van der Waals surface area contributed by atoms with Crippen LogP contribution < -0.4 is 0 Å². The Balaban J connectivity index is 1.95. The monoisotopic (exact) mass is 322 g/mol. The molecular weight excluding hydrogens is 308 g/mol. The summed E-state index contributed by atoms with van der Waals surface area (Å²) in [5.41, 5.74) is 1.08. The first-order chi connectivity index (χ1) is 9.91. The van der Waals surface area contributed by atoms with Crippen molar-refractivity contribution in [1.29, 1.82) is 5.26 Å². The normalized spacial score (nSPS) is 15.7. The van der Waals surface area contributed by atoms with Crippen LogP contribution in [-0.4, -0.2) is 29.0 Å². The van der Waals surface area contributed by atoms with Gasteiger partial charge in [0, 0.05) is 16.3 Å². The molecule has 0 N–H and O–H groups in total. The van der Waals surface area contributed by atoms with Crippen LogP contribution in [0.3, 0.4) is 0 Å². The van der Waals surface area contributed by atoms with Gasteiger partial charge in [0.15, 0.2) is 5.69 Å².